The van der Waals surface area contributed by atoms with Crippen molar-refractivity contribution < 1.29 is 28.6 Å². The van der Waals surface area contributed by atoms with Crippen LogP contribution < -0.4 is 16.1 Å². The van der Waals surface area contributed by atoms with Crippen molar-refractivity contribution in [2.75, 3.05) is 72.9 Å². The van der Waals surface area contributed by atoms with E-state index in [1.807, 2.05) is 50.7 Å². The van der Waals surface area contributed by atoms with Crippen LogP contribution in [-0.2, 0) is 36.8 Å². The predicted octanol–water partition coefficient (Wildman–Crippen LogP) is 5.19. The largest absolute Gasteiger partial charge is 0.467 e. The van der Waals surface area contributed by atoms with Crippen molar-refractivity contribution in [2.45, 2.75) is 104 Å². The summed E-state index contributed by atoms with van der Waals surface area (Å²) in [6.07, 6.45) is 3.24. The van der Waals surface area contributed by atoms with Crippen molar-refractivity contribution >= 4 is 46.1 Å². The van der Waals surface area contributed by atoms with Gasteiger partial charge in [-0.2, -0.15) is 0 Å². The van der Waals surface area contributed by atoms with E-state index in [1.54, 1.807) is 30.1 Å². The second-order valence-corrected chi connectivity index (χ2v) is 18.6. The van der Waals surface area contributed by atoms with Gasteiger partial charge in [-0.15, -0.1) is 11.8 Å². The number of piperazine rings is 1. The molecule has 0 aliphatic carbocycles. The molecule has 2 unspecified atom stereocenters. The van der Waals surface area contributed by atoms with Crippen LogP contribution in [0.5, 0.6) is 0 Å². The number of carbonyl (C=O) groups excluding carboxylic acids is 3. The molecule has 0 radical (unpaired) electrons. The first kappa shape index (κ1) is 46.4. The summed E-state index contributed by atoms with van der Waals surface area (Å²) in [7, 11) is 5.66. The van der Waals surface area contributed by atoms with Gasteiger partial charge >= 0.3 is 6.03 Å². The van der Waals surface area contributed by atoms with Crippen molar-refractivity contribution in [3.63, 3.8) is 0 Å². The maximum absolute atomic E-state index is 14.6. The number of carbonyl (C=O) groups is 3. The Kier molecular flexibility index (Phi) is 15.9. The average Bonchev–Trinajstić information content (AvgIpc) is 3.86. The van der Waals surface area contributed by atoms with E-state index in [9.17, 15) is 14.4 Å². The Morgan fingerprint density at radius 1 is 1.15 bits per heavy atom. The van der Waals surface area contributed by atoms with E-state index in [0.717, 1.165) is 58.4 Å². The third-order valence-electron chi connectivity index (χ3n) is 12.0. The molecule has 3 aromatic rings. The van der Waals surface area contributed by atoms with Crippen LogP contribution in [0.3, 0.4) is 0 Å². The maximum atomic E-state index is 14.6. The van der Waals surface area contributed by atoms with Gasteiger partial charge in [0.1, 0.15) is 17.2 Å². The number of methoxy groups -OCH3 is 1. The number of hydrogen-bond acceptors (Lipinski definition) is 12. The minimum atomic E-state index is -1.01. The van der Waals surface area contributed by atoms with Gasteiger partial charge in [-0.3, -0.25) is 24.6 Å². The van der Waals surface area contributed by atoms with E-state index >= 15 is 0 Å². The predicted molar refractivity (Wildman–Crippen MR) is 242 cm³/mol. The SMILES string of the molecule is CCn1c(-c2cccnc2[C@H](C)OC)c(CC(C)(C)COC=O)c2cc(C3CSC([C@@H](OCCN(C)C)C(NC(=O)N4[C@@H](C)CNC[C@@H]4C)C(=O)N4CCCCN4)=N3)ccc21. The number of likely N-dealkylation sites (N-methyl/N-ethyl adjacent to an activating group) is 1. The van der Waals surface area contributed by atoms with Gasteiger partial charge in [0.25, 0.3) is 12.4 Å². The van der Waals surface area contributed by atoms with Crippen LogP contribution in [0.1, 0.15) is 83.4 Å². The standard InChI is InChI=1S/C45H67N9O6S/c1-10-52-37-16-15-32(22-34(37)35(23-45(5,6)27-59-28-55)40(52)33-14-13-17-47-38(33)31(4)58-9)36-26-61-42(49-36)41(60-21-20-51(7)8)39(43(56)53-19-12-11-18-48-53)50-44(57)54-29(2)24-46-25-30(54)3/h13-17,22,28-31,36,39,41,46,48H,10-12,18-21,23-27H2,1-9H3,(H,50,57)/t29-,30-,31-,36?,39?,41-/m0/s1. The molecule has 6 rings (SSSR count). The molecule has 334 valence electrons. The van der Waals surface area contributed by atoms with Gasteiger partial charge in [0.05, 0.1) is 36.7 Å². The summed E-state index contributed by atoms with van der Waals surface area (Å²) in [4.78, 5) is 54.1. The number of hydrazine groups is 1. The highest BCUT2D eigenvalue weighted by Crippen LogP contribution is 2.42. The molecule has 2 saturated heterocycles. The van der Waals surface area contributed by atoms with Gasteiger partial charge in [0.2, 0.25) is 0 Å². The number of amides is 3. The van der Waals surface area contributed by atoms with Crippen LogP contribution in [0.2, 0.25) is 0 Å². The molecule has 6 atom stereocenters. The van der Waals surface area contributed by atoms with E-state index in [4.69, 9.17) is 24.2 Å². The van der Waals surface area contributed by atoms with Crippen molar-refractivity contribution in [2.24, 2.45) is 10.4 Å². The molecule has 1 aromatic carbocycles. The lowest BCUT2D eigenvalue weighted by Crippen LogP contribution is -2.65. The number of fused-ring (bicyclic) bond motifs is 1. The zero-order chi connectivity index (χ0) is 43.8. The molecule has 16 heteroatoms. The highest BCUT2D eigenvalue weighted by molar-refractivity contribution is 8.14. The van der Waals surface area contributed by atoms with Crippen molar-refractivity contribution in [3.8, 4) is 11.3 Å². The van der Waals surface area contributed by atoms with Gasteiger partial charge in [-0.1, -0.05) is 19.9 Å². The Bertz CT molecular complexity index is 2010. The molecule has 3 aliphatic heterocycles. The third-order valence-corrected chi connectivity index (χ3v) is 13.1. The number of nitrogens with one attached hydrogen (secondary N) is 3. The summed E-state index contributed by atoms with van der Waals surface area (Å²) < 4.78 is 20.2. The van der Waals surface area contributed by atoms with Crippen LogP contribution in [0.15, 0.2) is 41.5 Å². The van der Waals surface area contributed by atoms with Gasteiger partial charge in [-0.25, -0.2) is 10.2 Å². The average molecular weight is 862 g/mol. The van der Waals surface area contributed by atoms with Crippen LogP contribution in [0.4, 0.5) is 4.79 Å². The highest BCUT2D eigenvalue weighted by Gasteiger charge is 2.42. The molecule has 3 aliphatic rings. The van der Waals surface area contributed by atoms with E-state index in [-0.39, 0.29) is 48.2 Å². The molecule has 3 amide bonds. The zero-order valence-corrected chi connectivity index (χ0v) is 38.3. The molecule has 0 spiro atoms. The second kappa shape index (κ2) is 20.9. The first-order valence-electron chi connectivity index (χ1n) is 21.8. The summed E-state index contributed by atoms with van der Waals surface area (Å²) in [6, 6.07) is 9.03. The van der Waals surface area contributed by atoms with Crippen molar-refractivity contribution in [1.82, 2.24) is 40.4 Å². The summed E-state index contributed by atoms with van der Waals surface area (Å²) in [5.74, 6) is 0.410. The zero-order valence-electron chi connectivity index (χ0n) is 37.5. The minimum Gasteiger partial charge on any atom is -0.467 e. The number of ether oxygens (including phenoxy) is 3. The fourth-order valence-corrected chi connectivity index (χ4v) is 9.91. The number of aryl methyl sites for hydroxylation is 1. The Hall–Kier alpha value is -4.06. The number of hydrogen-bond donors (Lipinski definition) is 3. The van der Waals surface area contributed by atoms with E-state index < -0.39 is 12.1 Å². The maximum Gasteiger partial charge on any atom is 0.318 e. The van der Waals surface area contributed by atoms with Gasteiger partial charge in [-0.05, 0) is 96.4 Å². The molecule has 15 nitrogen and oxygen atoms in total. The number of benzene rings is 1. The van der Waals surface area contributed by atoms with Crippen LogP contribution in [-0.4, -0.2) is 145 Å². The first-order chi connectivity index (χ1) is 29.3. The molecule has 61 heavy (non-hydrogen) atoms. The molecule has 2 aromatic heterocycles. The molecular weight excluding hydrogens is 795 g/mol. The first-order valence-corrected chi connectivity index (χ1v) is 22.8. The summed E-state index contributed by atoms with van der Waals surface area (Å²) >= 11 is 1.58. The van der Waals surface area contributed by atoms with E-state index in [2.05, 4.69) is 65.7 Å². The monoisotopic (exact) mass is 861 g/mol. The number of rotatable bonds is 18. The molecule has 5 heterocycles. The number of thioether (sulfide) groups is 1. The van der Waals surface area contributed by atoms with Gasteiger partial charge < -0.3 is 39.2 Å². The molecule has 3 N–H and O–H groups in total. The normalized spacial score (nSPS) is 21.3. The number of nitrogens with zero attached hydrogens (tertiary/aromatic N) is 6. The Balaban J connectivity index is 1.43. The second-order valence-electron chi connectivity index (χ2n) is 17.6. The van der Waals surface area contributed by atoms with E-state index in [1.165, 1.54) is 0 Å². The number of aromatic nitrogens is 2. The quantitative estimate of drug-likeness (QED) is 0.145. The highest BCUT2D eigenvalue weighted by atomic mass is 32.2. The number of aliphatic imine (C=N–C) groups is 1. The van der Waals surface area contributed by atoms with Gasteiger partial charge in [0, 0.05) is 92.3 Å². The smallest absolute Gasteiger partial charge is 0.318 e. The lowest BCUT2D eigenvalue weighted by molar-refractivity contribution is -0.140. The minimum absolute atomic E-state index is 0.0533. The number of urea groups is 1. The molecule has 2 fully saturated rings. The van der Waals surface area contributed by atoms with Crippen molar-refractivity contribution in [3.05, 3.63) is 53.3 Å². The third kappa shape index (κ3) is 10.8. The fourth-order valence-electron chi connectivity index (χ4n) is 8.75. The van der Waals surface area contributed by atoms with Crippen LogP contribution in [0, 0.1) is 5.41 Å². The topological polar surface area (TPSA) is 155 Å². The van der Waals surface area contributed by atoms with Gasteiger partial charge in [0.15, 0.2) is 0 Å². The summed E-state index contributed by atoms with van der Waals surface area (Å²) in [6.45, 7) is 17.5. The van der Waals surface area contributed by atoms with E-state index in [0.29, 0.717) is 63.0 Å². The van der Waals surface area contributed by atoms with Crippen LogP contribution >= 0.6 is 11.8 Å². The summed E-state index contributed by atoms with van der Waals surface area (Å²) in [5.41, 5.74) is 9.06. The lowest BCUT2D eigenvalue weighted by Gasteiger charge is -2.41. The molecule has 0 saturated carbocycles. The Morgan fingerprint density at radius 2 is 1.92 bits per heavy atom. The van der Waals surface area contributed by atoms with Crippen LogP contribution in [0.25, 0.3) is 22.2 Å². The fraction of sp³-hybridized carbons (Fsp3) is 0.622. The lowest BCUT2D eigenvalue weighted by atomic mass is 9.84. The molecule has 0 bridgehead atoms. The molecular formula is C45H67N9O6S. The Labute approximate surface area is 365 Å². The Morgan fingerprint density at radius 3 is 2.59 bits per heavy atom. The number of pyridine rings is 1. The summed E-state index contributed by atoms with van der Waals surface area (Å²) in [5, 5.41) is 10.0. The van der Waals surface area contributed by atoms with Crippen molar-refractivity contribution in [1.29, 1.82) is 0 Å².